The molecule has 30 valence electrons. The van der Waals surface area contributed by atoms with Crippen molar-refractivity contribution in [2.45, 2.75) is 0 Å². The summed E-state index contributed by atoms with van der Waals surface area (Å²) < 4.78 is 0. The van der Waals surface area contributed by atoms with E-state index in [0.29, 0.717) is 5.88 Å². The van der Waals surface area contributed by atoms with Gasteiger partial charge in [0.05, 0.1) is 0 Å². The zero-order valence-electron chi connectivity index (χ0n) is 2.62. The molecule has 0 saturated carbocycles. The lowest BCUT2D eigenvalue weighted by Gasteiger charge is -1.61. The molecule has 2 heteroatoms. The van der Waals surface area contributed by atoms with Gasteiger partial charge in [-0.15, -0.1) is 11.6 Å². The molecule has 0 aliphatic rings. The third-order valence-electron chi connectivity index (χ3n) is 0.178. The van der Waals surface area contributed by atoms with E-state index in [0.717, 1.165) is 0 Å². The zero-order chi connectivity index (χ0) is 4.12. The third-order valence-corrected chi connectivity index (χ3v) is 0.535. The van der Waals surface area contributed by atoms with E-state index >= 15 is 0 Å². The lowest BCUT2D eigenvalue weighted by atomic mass is 10.8. The first-order chi connectivity index (χ1) is 2.41. The minimum atomic E-state index is 0.503. The van der Waals surface area contributed by atoms with Crippen molar-refractivity contribution < 1.29 is 0 Å². The maximum absolute atomic E-state index is 5.13. The van der Waals surface area contributed by atoms with Crippen LogP contribution in [0.15, 0.2) is 11.6 Å². The first kappa shape index (κ1) is 5.32. The summed E-state index contributed by atoms with van der Waals surface area (Å²) >= 11 is 10.2. The van der Waals surface area contributed by atoms with Crippen LogP contribution in [0.1, 0.15) is 0 Å². The monoisotopic (exact) mass is 110 g/mol. The highest BCUT2D eigenvalue weighted by atomic mass is 35.5. The first-order valence-corrected chi connectivity index (χ1v) is 2.20. The molecule has 0 aromatic carbocycles. The molecule has 0 fully saturated rings. The first-order valence-electron chi connectivity index (χ1n) is 1.23. The Morgan fingerprint density at radius 2 is 2.20 bits per heavy atom. The van der Waals surface area contributed by atoms with Gasteiger partial charge in [0.1, 0.15) is 0 Å². The Morgan fingerprint density at radius 1 is 1.60 bits per heavy atom. The number of rotatable bonds is 1. The van der Waals surface area contributed by atoms with Gasteiger partial charge < -0.3 is 0 Å². The van der Waals surface area contributed by atoms with Gasteiger partial charge in [0.25, 0.3) is 0 Å². The maximum atomic E-state index is 5.13. The molecular weight excluding hydrogens is 107 g/mol. The average Bonchev–Trinajstić information content (AvgIpc) is 1.41. The molecule has 0 amide bonds. The fraction of sp³-hybridized carbons (Fsp3) is 0.333. The Kier molecular flexibility index (Phi) is 4.60. The van der Waals surface area contributed by atoms with E-state index < -0.39 is 0 Å². The predicted octanol–water partition coefficient (Wildman–Crippen LogP) is 1.98. The highest BCUT2D eigenvalue weighted by Gasteiger charge is 1.56. The molecule has 0 rings (SSSR count). The summed E-state index contributed by atoms with van der Waals surface area (Å²) in [7, 11) is 0. The normalized spacial score (nSPS) is 10.0. The highest BCUT2D eigenvalue weighted by Crippen LogP contribution is 1.79. The van der Waals surface area contributed by atoms with Gasteiger partial charge >= 0.3 is 0 Å². The molecule has 0 aliphatic carbocycles. The van der Waals surface area contributed by atoms with E-state index in [1.807, 2.05) is 0 Å². The number of allylic oxidation sites excluding steroid dienone is 1. The fourth-order valence-electron chi connectivity index (χ4n) is 0.0337. The van der Waals surface area contributed by atoms with Gasteiger partial charge in [-0.05, 0) is 0 Å². The lowest BCUT2D eigenvalue weighted by Crippen LogP contribution is -1.48. The molecule has 0 aromatic rings. The van der Waals surface area contributed by atoms with Crippen LogP contribution in [0.5, 0.6) is 0 Å². The molecule has 0 bridgehead atoms. The second kappa shape index (κ2) is 4.32. The molecule has 0 aliphatic heterocycles. The summed E-state index contributed by atoms with van der Waals surface area (Å²) in [5, 5.41) is 0. The van der Waals surface area contributed by atoms with Crippen LogP contribution in [-0.4, -0.2) is 5.88 Å². The summed E-state index contributed by atoms with van der Waals surface area (Å²) in [4.78, 5) is 0. The Hall–Kier alpha value is 0.320. The minimum Gasteiger partial charge on any atom is -0.122 e. The van der Waals surface area contributed by atoms with Gasteiger partial charge in [-0.3, -0.25) is 0 Å². The molecule has 0 radical (unpaired) electrons. The van der Waals surface area contributed by atoms with Crippen LogP contribution in [0.2, 0.25) is 0 Å². The molecule has 0 unspecified atom stereocenters. The molecule has 5 heavy (non-hydrogen) atoms. The second-order valence-corrected chi connectivity index (χ2v) is 1.08. The molecule has 0 N–H and O–H groups in total. The summed E-state index contributed by atoms with van der Waals surface area (Å²) in [5.41, 5.74) is 1.40. The number of hydrogen-bond acceptors (Lipinski definition) is 0. The van der Waals surface area contributed by atoms with Crippen LogP contribution >= 0.6 is 23.2 Å². The van der Waals surface area contributed by atoms with Gasteiger partial charge in [0.2, 0.25) is 0 Å². The smallest absolute Gasteiger partial charge is 0.0415 e. The third kappa shape index (κ3) is 4.32. The molecule has 0 heterocycles. The van der Waals surface area contributed by atoms with Crippen LogP contribution in [0.25, 0.3) is 0 Å². The summed E-state index contributed by atoms with van der Waals surface area (Å²) in [6.45, 7) is 0. The molecular formula is C3H4Cl2. The quantitative estimate of drug-likeness (QED) is 0.454. The lowest BCUT2D eigenvalue weighted by molar-refractivity contribution is 1.79. The Balaban J connectivity index is 2.62. The van der Waals surface area contributed by atoms with E-state index in [1.165, 1.54) is 5.54 Å². The van der Waals surface area contributed by atoms with Crippen molar-refractivity contribution in [3.8, 4) is 0 Å². The Bertz CT molecular complexity index is 31.9. The van der Waals surface area contributed by atoms with Crippen molar-refractivity contribution in [3.05, 3.63) is 11.6 Å². The van der Waals surface area contributed by atoms with Gasteiger partial charge in [-0.2, -0.15) is 0 Å². The second-order valence-electron chi connectivity index (χ2n) is 0.516. The number of alkyl halides is 1. The fourth-order valence-corrected chi connectivity index (χ4v) is 0.303. The highest BCUT2D eigenvalue weighted by molar-refractivity contribution is 6.26. The van der Waals surface area contributed by atoms with Crippen LogP contribution in [0.3, 0.4) is 0 Å². The standard InChI is InChI=1S/C3H4Cl2/c4-2-1-3-5/h1-2H,3H2/b2-1-. The molecule has 0 spiro atoms. The van der Waals surface area contributed by atoms with E-state index in [9.17, 15) is 0 Å². The molecule has 0 saturated heterocycles. The molecule has 0 nitrogen and oxygen atoms in total. The Morgan fingerprint density at radius 3 is 2.20 bits per heavy atom. The van der Waals surface area contributed by atoms with Crippen LogP contribution < -0.4 is 0 Å². The summed E-state index contributed by atoms with van der Waals surface area (Å²) in [5.74, 6) is 0.503. The van der Waals surface area contributed by atoms with E-state index in [-0.39, 0.29) is 0 Å². The van der Waals surface area contributed by atoms with E-state index in [2.05, 4.69) is 0 Å². The minimum absolute atomic E-state index is 0.503. The average molecular weight is 111 g/mol. The molecule has 0 atom stereocenters. The van der Waals surface area contributed by atoms with Crippen molar-refractivity contribution in [1.82, 2.24) is 0 Å². The van der Waals surface area contributed by atoms with Gasteiger partial charge in [-0.1, -0.05) is 17.7 Å². The summed E-state index contributed by atoms with van der Waals surface area (Å²) in [6.07, 6.45) is 1.66. The number of halogens is 2. The van der Waals surface area contributed by atoms with Crippen molar-refractivity contribution in [2.75, 3.05) is 5.88 Å². The van der Waals surface area contributed by atoms with E-state index in [1.54, 1.807) is 6.08 Å². The topological polar surface area (TPSA) is 0 Å². The summed E-state index contributed by atoms with van der Waals surface area (Å²) in [6, 6.07) is 0. The van der Waals surface area contributed by atoms with Gasteiger partial charge in [0.15, 0.2) is 0 Å². The van der Waals surface area contributed by atoms with Crippen LogP contribution in [-0.2, 0) is 0 Å². The largest absolute Gasteiger partial charge is 0.122 e. The van der Waals surface area contributed by atoms with Crippen LogP contribution in [0, 0.1) is 0 Å². The molecule has 0 aromatic heterocycles. The van der Waals surface area contributed by atoms with Crippen molar-refractivity contribution >= 4 is 23.2 Å². The van der Waals surface area contributed by atoms with Crippen molar-refractivity contribution in [1.29, 1.82) is 0 Å². The zero-order valence-corrected chi connectivity index (χ0v) is 4.13. The predicted molar refractivity (Wildman–Crippen MR) is 25.7 cm³/mol. The van der Waals surface area contributed by atoms with E-state index in [4.69, 9.17) is 23.2 Å². The van der Waals surface area contributed by atoms with Gasteiger partial charge in [-0.25, -0.2) is 0 Å². The van der Waals surface area contributed by atoms with Crippen molar-refractivity contribution in [2.24, 2.45) is 0 Å². The number of hydrogen-bond donors (Lipinski definition) is 0. The van der Waals surface area contributed by atoms with Crippen molar-refractivity contribution in [3.63, 3.8) is 0 Å². The SMILES string of the molecule is Cl/C=C\CCl. The van der Waals surface area contributed by atoms with Crippen LogP contribution in [0.4, 0.5) is 0 Å². The Labute approximate surface area is 41.4 Å². The maximum Gasteiger partial charge on any atom is 0.0415 e. The van der Waals surface area contributed by atoms with Gasteiger partial charge in [0, 0.05) is 11.4 Å².